The van der Waals surface area contributed by atoms with Crippen LogP contribution in [0.2, 0.25) is 0 Å². The van der Waals surface area contributed by atoms with E-state index in [0.29, 0.717) is 0 Å². The summed E-state index contributed by atoms with van der Waals surface area (Å²) in [5.41, 5.74) is 2.53. The van der Waals surface area contributed by atoms with E-state index in [1.54, 1.807) is 0 Å². The van der Waals surface area contributed by atoms with Crippen molar-refractivity contribution in [3.8, 4) is 0 Å². The summed E-state index contributed by atoms with van der Waals surface area (Å²) in [7, 11) is 0. The van der Waals surface area contributed by atoms with Crippen LogP contribution in [-0.4, -0.2) is 37.4 Å². The molecule has 1 saturated heterocycles. The Labute approximate surface area is 136 Å². The molecule has 3 rings (SSSR count). The van der Waals surface area contributed by atoms with E-state index >= 15 is 0 Å². The van der Waals surface area contributed by atoms with Gasteiger partial charge in [0.2, 0.25) is 0 Å². The molecule has 1 fully saturated rings. The molecule has 0 aliphatic carbocycles. The summed E-state index contributed by atoms with van der Waals surface area (Å²) in [6.07, 6.45) is 1.24. The van der Waals surface area contributed by atoms with Crippen molar-refractivity contribution in [2.45, 2.75) is 0 Å². The van der Waals surface area contributed by atoms with Gasteiger partial charge in [0.15, 0.2) is 0 Å². The third-order valence-electron chi connectivity index (χ3n) is 3.28. The van der Waals surface area contributed by atoms with Crippen LogP contribution in [0.3, 0.4) is 0 Å². The lowest BCUT2D eigenvalue weighted by molar-refractivity contribution is -0.131. The number of rotatable bonds is 3. The first kappa shape index (κ1) is 16.9. The summed E-state index contributed by atoms with van der Waals surface area (Å²) in [6, 6.07) is 19.0. The van der Waals surface area contributed by atoms with Crippen LogP contribution in [0.1, 0.15) is 11.1 Å². The first-order chi connectivity index (χ1) is 11.3. The van der Waals surface area contributed by atoms with Crippen molar-refractivity contribution in [1.29, 1.82) is 0 Å². The van der Waals surface area contributed by atoms with Crippen molar-refractivity contribution >= 4 is 11.5 Å². The van der Waals surface area contributed by atoms with Gasteiger partial charge in [-0.3, -0.25) is 0 Å². The Hall–Kier alpha value is -2.43. The van der Waals surface area contributed by atoms with Crippen LogP contribution < -0.4 is 5.32 Å². The largest absolute Gasteiger partial charge is 0.478 e. The van der Waals surface area contributed by atoms with Gasteiger partial charge in [-0.1, -0.05) is 60.7 Å². The number of hydrogen-bond acceptors (Lipinski definition) is 3. The molecule has 0 radical (unpaired) electrons. The number of aliphatic carboxylic acids is 1. The van der Waals surface area contributed by atoms with Gasteiger partial charge in [-0.2, -0.15) is 0 Å². The zero-order valence-electron chi connectivity index (χ0n) is 12.9. The minimum Gasteiger partial charge on any atom is -0.478 e. The first-order valence-electron chi connectivity index (χ1n) is 7.61. The minimum absolute atomic E-state index is 0.721. The average molecular weight is 311 g/mol. The predicted octanol–water partition coefficient (Wildman–Crippen LogP) is 2.81. The van der Waals surface area contributed by atoms with Crippen molar-refractivity contribution in [2.24, 2.45) is 0 Å². The molecule has 4 heteroatoms. The smallest absolute Gasteiger partial charge is 0.328 e. The van der Waals surface area contributed by atoms with Crippen LogP contribution in [0, 0.1) is 0 Å². The Morgan fingerprint density at radius 2 is 1.39 bits per heavy atom. The zero-order chi connectivity index (χ0) is 16.3. The number of carboxylic acid groups (broad SMARTS) is 1. The molecule has 0 atom stereocenters. The van der Waals surface area contributed by atoms with E-state index in [-0.39, 0.29) is 0 Å². The highest BCUT2D eigenvalue weighted by Crippen LogP contribution is 2.22. The SMILES string of the molecule is C1COCCN1.O=C(O)C=C(c1ccccc1)c1ccccc1. The van der Waals surface area contributed by atoms with Crippen molar-refractivity contribution in [1.82, 2.24) is 5.32 Å². The van der Waals surface area contributed by atoms with Gasteiger partial charge in [-0.25, -0.2) is 4.79 Å². The van der Waals surface area contributed by atoms with Crippen molar-refractivity contribution in [3.63, 3.8) is 0 Å². The summed E-state index contributed by atoms with van der Waals surface area (Å²) >= 11 is 0. The van der Waals surface area contributed by atoms with Gasteiger partial charge in [-0.05, 0) is 16.7 Å². The minimum atomic E-state index is -0.937. The molecular formula is C19H21NO3. The number of benzene rings is 2. The third kappa shape index (κ3) is 6.06. The van der Waals surface area contributed by atoms with Crippen molar-refractivity contribution < 1.29 is 14.6 Å². The molecule has 0 aromatic heterocycles. The molecule has 2 aromatic carbocycles. The number of carbonyl (C=O) groups is 1. The number of ether oxygens (including phenoxy) is 1. The van der Waals surface area contributed by atoms with Gasteiger partial charge in [0.1, 0.15) is 0 Å². The summed E-state index contributed by atoms with van der Waals surface area (Å²) in [5, 5.41) is 12.1. The lowest BCUT2D eigenvalue weighted by Crippen LogP contribution is -2.30. The van der Waals surface area contributed by atoms with Crippen LogP contribution in [0.5, 0.6) is 0 Å². The fourth-order valence-electron chi connectivity index (χ4n) is 2.21. The summed E-state index contributed by atoms with van der Waals surface area (Å²) in [6.45, 7) is 3.83. The van der Waals surface area contributed by atoms with E-state index in [1.165, 1.54) is 6.08 Å². The quantitative estimate of drug-likeness (QED) is 0.856. The third-order valence-corrected chi connectivity index (χ3v) is 3.28. The van der Waals surface area contributed by atoms with Crippen LogP contribution in [-0.2, 0) is 9.53 Å². The lowest BCUT2D eigenvalue weighted by Gasteiger charge is -2.10. The van der Waals surface area contributed by atoms with Gasteiger partial charge in [0.25, 0.3) is 0 Å². The molecule has 2 aromatic rings. The summed E-state index contributed by atoms with van der Waals surface area (Å²) in [4.78, 5) is 10.9. The molecular weight excluding hydrogens is 290 g/mol. The predicted molar refractivity (Wildman–Crippen MR) is 91.3 cm³/mol. The maximum atomic E-state index is 10.9. The topological polar surface area (TPSA) is 58.6 Å². The molecule has 1 aliphatic heterocycles. The maximum Gasteiger partial charge on any atom is 0.328 e. The highest BCUT2D eigenvalue weighted by Gasteiger charge is 2.05. The molecule has 23 heavy (non-hydrogen) atoms. The molecule has 120 valence electrons. The van der Waals surface area contributed by atoms with Crippen molar-refractivity contribution in [3.05, 3.63) is 77.9 Å². The van der Waals surface area contributed by atoms with Gasteiger partial charge in [-0.15, -0.1) is 0 Å². The van der Waals surface area contributed by atoms with E-state index in [1.807, 2.05) is 60.7 Å². The molecule has 1 heterocycles. The normalized spacial score (nSPS) is 13.4. The monoisotopic (exact) mass is 311 g/mol. The molecule has 0 unspecified atom stereocenters. The molecule has 0 bridgehead atoms. The van der Waals surface area contributed by atoms with Gasteiger partial charge < -0.3 is 15.2 Å². The number of hydrogen-bond donors (Lipinski definition) is 2. The van der Waals surface area contributed by atoms with Crippen LogP contribution in [0.15, 0.2) is 66.7 Å². The number of carboxylic acids is 1. The highest BCUT2D eigenvalue weighted by atomic mass is 16.5. The number of nitrogens with one attached hydrogen (secondary N) is 1. The standard InChI is InChI=1S/C15H12O2.C4H9NO/c16-15(17)11-14(12-7-3-1-4-8-12)13-9-5-2-6-10-13;1-3-6-4-2-5-1/h1-11H,(H,16,17);5H,1-4H2. The Balaban J connectivity index is 0.000000268. The fraction of sp³-hybridized carbons (Fsp3) is 0.211. The molecule has 2 N–H and O–H groups in total. The molecule has 0 spiro atoms. The van der Waals surface area contributed by atoms with Crippen LogP contribution >= 0.6 is 0 Å². The van der Waals surface area contributed by atoms with E-state index in [2.05, 4.69) is 5.32 Å². The first-order valence-corrected chi connectivity index (χ1v) is 7.61. The Kier molecular flexibility index (Phi) is 7.04. The lowest BCUT2D eigenvalue weighted by atomic mass is 9.98. The van der Waals surface area contributed by atoms with E-state index in [4.69, 9.17) is 9.84 Å². The number of morpholine rings is 1. The Bertz CT molecular complexity index is 567. The average Bonchev–Trinajstić information content (AvgIpc) is 2.63. The van der Waals surface area contributed by atoms with Crippen LogP contribution in [0.4, 0.5) is 0 Å². The highest BCUT2D eigenvalue weighted by molar-refractivity contribution is 5.95. The van der Waals surface area contributed by atoms with Crippen LogP contribution in [0.25, 0.3) is 5.57 Å². The van der Waals surface area contributed by atoms with Gasteiger partial charge in [0.05, 0.1) is 13.2 Å². The van der Waals surface area contributed by atoms with E-state index in [9.17, 15) is 4.79 Å². The van der Waals surface area contributed by atoms with Gasteiger partial charge in [0, 0.05) is 19.2 Å². The van der Waals surface area contributed by atoms with Gasteiger partial charge >= 0.3 is 5.97 Å². The van der Waals surface area contributed by atoms with E-state index < -0.39 is 5.97 Å². The van der Waals surface area contributed by atoms with Crippen molar-refractivity contribution in [2.75, 3.05) is 26.3 Å². The van der Waals surface area contributed by atoms with E-state index in [0.717, 1.165) is 43.0 Å². The molecule has 1 aliphatic rings. The summed E-state index contributed by atoms with van der Waals surface area (Å²) in [5.74, 6) is -0.937. The second-order valence-electron chi connectivity index (χ2n) is 4.99. The summed E-state index contributed by atoms with van der Waals surface area (Å²) < 4.78 is 5.01. The molecule has 0 amide bonds. The maximum absolute atomic E-state index is 10.9. The molecule has 0 saturated carbocycles. The Morgan fingerprint density at radius 3 is 1.70 bits per heavy atom. The zero-order valence-corrected chi connectivity index (χ0v) is 12.9. The second-order valence-corrected chi connectivity index (χ2v) is 4.99. The molecule has 4 nitrogen and oxygen atoms in total. The Morgan fingerprint density at radius 1 is 0.913 bits per heavy atom. The second kappa shape index (κ2) is 9.56. The fourth-order valence-corrected chi connectivity index (χ4v) is 2.21.